The number of benzene rings is 1. The molecule has 17 heavy (non-hydrogen) atoms. The van der Waals surface area contributed by atoms with Gasteiger partial charge in [-0.2, -0.15) is 0 Å². The zero-order chi connectivity index (χ0) is 12.5. The van der Waals surface area contributed by atoms with Crippen LogP contribution in [0, 0.1) is 0 Å². The summed E-state index contributed by atoms with van der Waals surface area (Å²) in [6.07, 6.45) is 1.38. The molecule has 0 fully saturated rings. The first-order chi connectivity index (χ1) is 8.27. The first kappa shape index (κ1) is 14.0. The molecular weight excluding hydrogens is 216 g/mol. The number of ether oxygens (including phenoxy) is 2. The van der Waals surface area contributed by atoms with Crippen molar-refractivity contribution in [2.75, 3.05) is 19.8 Å². The first-order valence-corrected chi connectivity index (χ1v) is 6.26. The number of rotatable bonds is 8. The number of hydrogen-bond donors (Lipinski definition) is 1. The Balaban J connectivity index is 2.30. The Labute approximate surface area is 103 Å². The largest absolute Gasteiger partial charge is 0.491 e. The second-order valence-corrected chi connectivity index (χ2v) is 3.95. The van der Waals surface area contributed by atoms with Crippen LogP contribution in [0.4, 0.5) is 0 Å². The normalized spacial score (nSPS) is 12.4. The van der Waals surface area contributed by atoms with Gasteiger partial charge in [0.1, 0.15) is 12.4 Å². The molecule has 96 valence electrons. The third-order valence-corrected chi connectivity index (χ3v) is 2.50. The Morgan fingerprint density at radius 3 is 2.35 bits per heavy atom. The van der Waals surface area contributed by atoms with Crippen molar-refractivity contribution >= 4 is 0 Å². The predicted octanol–water partition coefficient (Wildman–Crippen LogP) is 2.94. The molecule has 0 aliphatic carbocycles. The molecule has 1 aromatic rings. The topological polar surface area (TPSA) is 38.7 Å². The van der Waals surface area contributed by atoms with Gasteiger partial charge in [0.15, 0.2) is 0 Å². The Morgan fingerprint density at radius 1 is 1.06 bits per heavy atom. The molecule has 0 spiro atoms. The zero-order valence-electron chi connectivity index (χ0n) is 10.7. The van der Waals surface area contributed by atoms with Crippen LogP contribution in [0.1, 0.15) is 38.4 Å². The van der Waals surface area contributed by atoms with Gasteiger partial charge in [0.25, 0.3) is 0 Å². The lowest BCUT2D eigenvalue weighted by Gasteiger charge is -2.10. The van der Waals surface area contributed by atoms with E-state index in [2.05, 4.69) is 6.92 Å². The van der Waals surface area contributed by atoms with Gasteiger partial charge >= 0.3 is 0 Å². The molecule has 3 heteroatoms. The second kappa shape index (κ2) is 8.09. The zero-order valence-corrected chi connectivity index (χ0v) is 10.7. The predicted molar refractivity (Wildman–Crippen MR) is 68.3 cm³/mol. The Bertz CT molecular complexity index is 295. The van der Waals surface area contributed by atoms with Crippen LogP contribution in [0.25, 0.3) is 0 Å². The first-order valence-electron chi connectivity index (χ1n) is 6.26. The fraction of sp³-hybridized carbons (Fsp3) is 0.571. The quantitative estimate of drug-likeness (QED) is 0.708. The molecule has 1 rings (SSSR count). The summed E-state index contributed by atoms with van der Waals surface area (Å²) >= 11 is 0. The molecule has 0 aliphatic rings. The van der Waals surface area contributed by atoms with E-state index in [9.17, 15) is 5.11 Å². The fourth-order valence-corrected chi connectivity index (χ4v) is 1.49. The van der Waals surface area contributed by atoms with Crippen LogP contribution in [0.5, 0.6) is 5.75 Å². The van der Waals surface area contributed by atoms with Gasteiger partial charge in [-0.15, -0.1) is 0 Å². The number of hydrogen-bond acceptors (Lipinski definition) is 3. The van der Waals surface area contributed by atoms with E-state index >= 15 is 0 Å². The molecule has 0 unspecified atom stereocenters. The van der Waals surface area contributed by atoms with Gasteiger partial charge < -0.3 is 14.6 Å². The molecule has 0 saturated heterocycles. The maximum absolute atomic E-state index is 9.63. The van der Waals surface area contributed by atoms with Gasteiger partial charge in [0.05, 0.1) is 12.7 Å². The van der Waals surface area contributed by atoms with Crippen molar-refractivity contribution in [2.45, 2.75) is 32.8 Å². The Hall–Kier alpha value is -1.06. The maximum atomic E-state index is 9.63. The van der Waals surface area contributed by atoms with Crippen molar-refractivity contribution in [1.82, 2.24) is 0 Å². The lowest BCUT2D eigenvalue weighted by Crippen LogP contribution is -2.07. The molecule has 0 radical (unpaired) electrons. The minimum Gasteiger partial charge on any atom is -0.491 e. The molecule has 1 aromatic carbocycles. The van der Waals surface area contributed by atoms with Gasteiger partial charge in [0, 0.05) is 6.61 Å². The molecule has 0 aliphatic heterocycles. The standard InChI is InChI=1S/C14H22O3/c1-3-9-16-10-11-17-13-7-5-12(6-8-13)14(15)4-2/h5-8,14-15H,3-4,9-11H2,1-2H3/t14-/m1/s1. The fourth-order valence-electron chi connectivity index (χ4n) is 1.49. The van der Waals surface area contributed by atoms with E-state index in [1.54, 1.807) is 0 Å². The van der Waals surface area contributed by atoms with E-state index in [-0.39, 0.29) is 6.10 Å². The average Bonchev–Trinajstić information content (AvgIpc) is 2.38. The minimum atomic E-state index is -0.378. The lowest BCUT2D eigenvalue weighted by molar-refractivity contribution is 0.101. The lowest BCUT2D eigenvalue weighted by atomic mass is 10.1. The van der Waals surface area contributed by atoms with Crippen molar-refractivity contribution in [3.05, 3.63) is 29.8 Å². The molecule has 0 saturated carbocycles. The highest BCUT2D eigenvalue weighted by Crippen LogP contribution is 2.19. The van der Waals surface area contributed by atoms with Crippen LogP contribution < -0.4 is 4.74 Å². The van der Waals surface area contributed by atoms with Gasteiger partial charge in [0.2, 0.25) is 0 Å². The summed E-state index contributed by atoms with van der Waals surface area (Å²) in [6.45, 7) is 6.01. The molecule has 0 heterocycles. The highest BCUT2D eigenvalue weighted by molar-refractivity contribution is 5.28. The third kappa shape index (κ3) is 5.20. The Morgan fingerprint density at radius 2 is 1.76 bits per heavy atom. The van der Waals surface area contributed by atoms with Crippen LogP contribution in [-0.4, -0.2) is 24.9 Å². The number of aliphatic hydroxyl groups excluding tert-OH is 1. The monoisotopic (exact) mass is 238 g/mol. The SMILES string of the molecule is CCCOCCOc1ccc([C@H](O)CC)cc1. The van der Waals surface area contributed by atoms with E-state index in [1.807, 2.05) is 31.2 Å². The van der Waals surface area contributed by atoms with Crippen molar-refractivity contribution < 1.29 is 14.6 Å². The van der Waals surface area contributed by atoms with E-state index in [0.29, 0.717) is 13.2 Å². The summed E-state index contributed by atoms with van der Waals surface area (Å²) < 4.78 is 10.8. The highest BCUT2D eigenvalue weighted by atomic mass is 16.5. The summed E-state index contributed by atoms with van der Waals surface area (Å²) in [6, 6.07) is 7.56. The molecule has 0 bridgehead atoms. The summed E-state index contributed by atoms with van der Waals surface area (Å²) in [5.41, 5.74) is 0.932. The summed E-state index contributed by atoms with van der Waals surface area (Å²) in [4.78, 5) is 0. The van der Waals surface area contributed by atoms with E-state index in [4.69, 9.17) is 9.47 Å². The third-order valence-electron chi connectivity index (χ3n) is 2.50. The number of aliphatic hydroxyl groups is 1. The molecule has 1 atom stereocenters. The van der Waals surface area contributed by atoms with E-state index in [0.717, 1.165) is 30.8 Å². The van der Waals surface area contributed by atoms with Gasteiger partial charge in [-0.05, 0) is 30.5 Å². The molecule has 1 N–H and O–H groups in total. The highest BCUT2D eigenvalue weighted by Gasteiger charge is 2.04. The smallest absolute Gasteiger partial charge is 0.119 e. The average molecular weight is 238 g/mol. The second-order valence-electron chi connectivity index (χ2n) is 3.95. The van der Waals surface area contributed by atoms with Gasteiger partial charge in [-0.25, -0.2) is 0 Å². The molecule has 0 aromatic heterocycles. The summed E-state index contributed by atoms with van der Waals surface area (Å²) in [5.74, 6) is 0.817. The molecular formula is C14H22O3. The van der Waals surface area contributed by atoms with Crippen LogP contribution in [0.2, 0.25) is 0 Å². The van der Waals surface area contributed by atoms with Crippen LogP contribution >= 0.6 is 0 Å². The summed E-state index contributed by atoms with van der Waals surface area (Å²) in [5, 5.41) is 9.63. The van der Waals surface area contributed by atoms with Crippen molar-refractivity contribution in [1.29, 1.82) is 0 Å². The Kier molecular flexibility index (Phi) is 6.67. The molecule has 3 nitrogen and oxygen atoms in total. The van der Waals surface area contributed by atoms with Crippen molar-refractivity contribution in [3.63, 3.8) is 0 Å². The van der Waals surface area contributed by atoms with Crippen LogP contribution in [-0.2, 0) is 4.74 Å². The van der Waals surface area contributed by atoms with Gasteiger partial charge in [-0.3, -0.25) is 0 Å². The van der Waals surface area contributed by atoms with Crippen LogP contribution in [0.3, 0.4) is 0 Å². The van der Waals surface area contributed by atoms with Crippen LogP contribution in [0.15, 0.2) is 24.3 Å². The minimum absolute atomic E-state index is 0.378. The van der Waals surface area contributed by atoms with E-state index in [1.165, 1.54) is 0 Å². The van der Waals surface area contributed by atoms with E-state index < -0.39 is 0 Å². The maximum Gasteiger partial charge on any atom is 0.119 e. The van der Waals surface area contributed by atoms with Crippen molar-refractivity contribution in [3.8, 4) is 5.75 Å². The molecule has 0 amide bonds. The summed E-state index contributed by atoms with van der Waals surface area (Å²) in [7, 11) is 0. The van der Waals surface area contributed by atoms with Gasteiger partial charge in [-0.1, -0.05) is 26.0 Å². The van der Waals surface area contributed by atoms with Crippen molar-refractivity contribution in [2.24, 2.45) is 0 Å².